The van der Waals surface area contributed by atoms with Crippen LogP contribution in [0.3, 0.4) is 0 Å². The molecule has 22 heavy (non-hydrogen) atoms. The molecule has 0 aliphatic carbocycles. The molecule has 1 amide bonds. The van der Waals surface area contributed by atoms with Gasteiger partial charge in [-0.15, -0.1) is 0 Å². The number of carbonyl (C=O) groups excluding carboxylic acids is 2. The normalized spacial score (nSPS) is 9.64. The van der Waals surface area contributed by atoms with Crippen LogP contribution in [0.2, 0.25) is 0 Å². The fraction of sp³-hybridized carbons (Fsp3) is 0.500. The third-order valence-corrected chi connectivity index (χ3v) is 2.72. The van der Waals surface area contributed by atoms with Crippen LogP contribution in [-0.4, -0.2) is 31.8 Å². The van der Waals surface area contributed by atoms with Gasteiger partial charge in [-0.1, -0.05) is 6.07 Å². The lowest BCUT2D eigenvalue weighted by Gasteiger charge is -2.07. The van der Waals surface area contributed by atoms with E-state index in [0.717, 1.165) is 16.7 Å². The topological polar surface area (TPSA) is 64.6 Å². The quantitative estimate of drug-likeness (QED) is 0.871. The Bertz CT molecular complexity index is 465. The van der Waals surface area contributed by atoms with Crippen LogP contribution in [-0.2, 0) is 14.3 Å². The SMILES string of the molecule is COC(=O)CNC(=O)OC(C)C.Cc1cc(C)c(F)cc1C. The maximum atomic E-state index is 12.8. The number of hydrogen-bond acceptors (Lipinski definition) is 4. The lowest BCUT2D eigenvalue weighted by molar-refractivity contribution is -0.139. The Balaban J connectivity index is 0.000000406. The molecule has 0 bridgehead atoms. The summed E-state index contributed by atoms with van der Waals surface area (Å²) in [5.41, 5.74) is 2.89. The van der Waals surface area contributed by atoms with Gasteiger partial charge < -0.3 is 14.8 Å². The van der Waals surface area contributed by atoms with Gasteiger partial charge in [-0.3, -0.25) is 4.79 Å². The number of methoxy groups -OCH3 is 1. The zero-order valence-electron chi connectivity index (χ0n) is 14.0. The van der Waals surface area contributed by atoms with Crippen LogP contribution >= 0.6 is 0 Å². The second kappa shape index (κ2) is 9.76. The Hall–Kier alpha value is -2.11. The largest absolute Gasteiger partial charge is 0.468 e. The number of ether oxygens (including phenoxy) is 2. The molecule has 1 N–H and O–H groups in total. The van der Waals surface area contributed by atoms with Crippen LogP contribution in [0.15, 0.2) is 12.1 Å². The molecular formula is C16H24FNO4. The van der Waals surface area contributed by atoms with E-state index in [1.165, 1.54) is 7.11 Å². The molecule has 0 radical (unpaired) electrons. The minimum atomic E-state index is -0.615. The predicted octanol–water partition coefficient (Wildman–Crippen LogP) is 3.04. The first-order valence-electron chi connectivity index (χ1n) is 6.92. The van der Waals surface area contributed by atoms with Gasteiger partial charge in [0.05, 0.1) is 13.2 Å². The fourth-order valence-corrected chi connectivity index (χ4v) is 1.40. The van der Waals surface area contributed by atoms with E-state index in [-0.39, 0.29) is 18.5 Å². The Kier molecular flexibility index (Phi) is 8.82. The number of amides is 1. The molecule has 124 valence electrons. The molecule has 0 unspecified atom stereocenters. The van der Waals surface area contributed by atoms with Gasteiger partial charge in [-0.05, 0) is 57.4 Å². The van der Waals surface area contributed by atoms with Gasteiger partial charge in [0, 0.05) is 0 Å². The first-order chi connectivity index (χ1) is 10.2. The molecule has 0 spiro atoms. The van der Waals surface area contributed by atoms with Crippen molar-refractivity contribution in [2.45, 2.75) is 40.7 Å². The number of benzene rings is 1. The Morgan fingerprint density at radius 2 is 1.68 bits per heavy atom. The average molecular weight is 313 g/mol. The average Bonchev–Trinajstić information content (AvgIpc) is 2.42. The van der Waals surface area contributed by atoms with E-state index in [1.54, 1.807) is 26.8 Å². The van der Waals surface area contributed by atoms with Gasteiger partial charge >= 0.3 is 12.1 Å². The van der Waals surface area contributed by atoms with Crippen molar-refractivity contribution in [2.75, 3.05) is 13.7 Å². The zero-order valence-corrected chi connectivity index (χ0v) is 14.0. The van der Waals surface area contributed by atoms with Gasteiger partial charge in [0.15, 0.2) is 0 Å². The number of hydrogen-bond donors (Lipinski definition) is 1. The maximum Gasteiger partial charge on any atom is 0.407 e. The fourth-order valence-electron chi connectivity index (χ4n) is 1.40. The van der Waals surface area contributed by atoms with Crippen LogP contribution in [0.1, 0.15) is 30.5 Å². The van der Waals surface area contributed by atoms with E-state index in [1.807, 2.05) is 19.9 Å². The molecule has 0 saturated heterocycles. The number of alkyl carbamates (subject to hydrolysis) is 1. The number of nitrogens with one attached hydrogen (secondary N) is 1. The summed E-state index contributed by atoms with van der Waals surface area (Å²) in [4.78, 5) is 21.2. The minimum Gasteiger partial charge on any atom is -0.468 e. The highest BCUT2D eigenvalue weighted by Gasteiger charge is 2.06. The van der Waals surface area contributed by atoms with E-state index >= 15 is 0 Å². The van der Waals surface area contributed by atoms with Crippen molar-refractivity contribution in [1.82, 2.24) is 5.32 Å². The summed E-state index contributed by atoms with van der Waals surface area (Å²) in [5, 5.41) is 2.23. The van der Waals surface area contributed by atoms with Crippen molar-refractivity contribution in [3.05, 3.63) is 34.6 Å². The van der Waals surface area contributed by atoms with Crippen LogP contribution in [0.25, 0.3) is 0 Å². The number of carbonyl (C=O) groups is 2. The van der Waals surface area contributed by atoms with Crippen LogP contribution in [0, 0.1) is 26.6 Å². The molecule has 0 fully saturated rings. The van der Waals surface area contributed by atoms with E-state index in [2.05, 4.69) is 14.8 Å². The molecule has 0 aliphatic heterocycles. The maximum absolute atomic E-state index is 12.8. The standard InChI is InChI=1S/C9H11F.C7H13NO4/c1-6-4-8(3)9(10)5-7(6)2;1-5(2)12-7(10)8-4-6(9)11-3/h4-5H,1-3H3;5H,4H2,1-3H3,(H,8,10). The van der Waals surface area contributed by atoms with Crippen molar-refractivity contribution >= 4 is 12.1 Å². The van der Waals surface area contributed by atoms with Crippen molar-refractivity contribution in [1.29, 1.82) is 0 Å². The smallest absolute Gasteiger partial charge is 0.407 e. The zero-order chi connectivity index (χ0) is 17.3. The lowest BCUT2D eigenvalue weighted by Crippen LogP contribution is -2.32. The van der Waals surface area contributed by atoms with Crippen molar-refractivity contribution in [2.24, 2.45) is 0 Å². The molecule has 0 atom stereocenters. The molecule has 0 aromatic heterocycles. The van der Waals surface area contributed by atoms with Gasteiger partial charge in [-0.2, -0.15) is 0 Å². The molecular weight excluding hydrogens is 289 g/mol. The molecule has 0 aliphatic rings. The Morgan fingerprint density at radius 1 is 1.14 bits per heavy atom. The third-order valence-electron chi connectivity index (χ3n) is 2.72. The van der Waals surface area contributed by atoms with E-state index in [9.17, 15) is 14.0 Å². The molecule has 0 saturated carbocycles. The van der Waals surface area contributed by atoms with Crippen molar-refractivity contribution in [3.8, 4) is 0 Å². The predicted molar refractivity (Wildman–Crippen MR) is 82.2 cm³/mol. The highest BCUT2D eigenvalue weighted by atomic mass is 19.1. The van der Waals surface area contributed by atoms with E-state index < -0.39 is 12.1 Å². The third kappa shape index (κ3) is 8.24. The first-order valence-corrected chi connectivity index (χ1v) is 6.92. The van der Waals surface area contributed by atoms with Crippen LogP contribution < -0.4 is 5.32 Å². The van der Waals surface area contributed by atoms with Gasteiger partial charge in [0.2, 0.25) is 0 Å². The molecule has 1 aromatic carbocycles. The van der Waals surface area contributed by atoms with E-state index in [4.69, 9.17) is 0 Å². The second-order valence-electron chi connectivity index (χ2n) is 5.07. The number of halogens is 1. The van der Waals surface area contributed by atoms with E-state index in [0.29, 0.717) is 0 Å². The number of esters is 1. The summed E-state index contributed by atoms with van der Waals surface area (Å²) in [7, 11) is 1.25. The molecule has 1 aromatic rings. The summed E-state index contributed by atoms with van der Waals surface area (Å²) in [6.07, 6.45) is -0.807. The summed E-state index contributed by atoms with van der Waals surface area (Å²) in [6, 6.07) is 3.44. The molecule has 0 heterocycles. The summed E-state index contributed by atoms with van der Waals surface area (Å²) >= 11 is 0. The summed E-state index contributed by atoms with van der Waals surface area (Å²) in [6.45, 7) is 8.96. The molecule has 5 nitrogen and oxygen atoms in total. The number of aryl methyl sites for hydroxylation is 3. The van der Waals surface area contributed by atoms with Crippen molar-refractivity contribution < 1.29 is 23.5 Å². The van der Waals surface area contributed by atoms with Crippen LogP contribution in [0.4, 0.5) is 9.18 Å². The van der Waals surface area contributed by atoms with Gasteiger partial charge in [0.1, 0.15) is 12.4 Å². The minimum absolute atomic E-state index is 0.108. The van der Waals surface area contributed by atoms with Crippen molar-refractivity contribution in [3.63, 3.8) is 0 Å². The van der Waals surface area contributed by atoms with Gasteiger partial charge in [0.25, 0.3) is 0 Å². The highest BCUT2D eigenvalue weighted by Crippen LogP contribution is 2.12. The first kappa shape index (κ1) is 19.9. The Labute approximate surface area is 130 Å². The second-order valence-corrected chi connectivity index (χ2v) is 5.07. The summed E-state index contributed by atoms with van der Waals surface area (Å²) in [5.74, 6) is -0.612. The monoisotopic (exact) mass is 313 g/mol. The summed E-state index contributed by atoms with van der Waals surface area (Å²) < 4.78 is 21.7. The van der Waals surface area contributed by atoms with Gasteiger partial charge in [-0.25, -0.2) is 9.18 Å². The van der Waals surface area contributed by atoms with Crippen LogP contribution in [0.5, 0.6) is 0 Å². The highest BCUT2D eigenvalue weighted by molar-refractivity contribution is 5.77. The molecule has 1 rings (SSSR count). The molecule has 6 heteroatoms. The number of rotatable bonds is 3. The Morgan fingerprint density at radius 3 is 2.14 bits per heavy atom. The lowest BCUT2D eigenvalue weighted by atomic mass is 10.1.